The van der Waals surface area contributed by atoms with Crippen molar-refractivity contribution in [3.8, 4) is 0 Å². The van der Waals surface area contributed by atoms with E-state index in [-0.39, 0.29) is 30.9 Å². The number of fused-ring (bicyclic) bond motifs is 2. The standard InChI is InChI=1S/C31H33N3O5/c1-20-11-12-21(2)23(19-20)33-16-8-14-31-25(28(37)34(17-18-35)26(31)29(33)38)24-27(36)32(22-9-5-4-6-10-22)15-7-13-30(24,3)39-31/h4-14,19,24-26,35H,15-18H2,1-3H3/t24-,25+,26?,30+,31+/m1/s1. The van der Waals surface area contributed by atoms with Gasteiger partial charge < -0.3 is 24.5 Å². The fraction of sp³-hybridized carbons (Fsp3) is 0.387. The van der Waals surface area contributed by atoms with Gasteiger partial charge in [-0.05, 0) is 50.1 Å². The lowest BCUT2D eigenvalue weighted by Crippen LogP contribution is -2.56. The van der Waals surface area contributed by atoms with Gasteiger partial charge in [0.15, 0.2) is 0 Å². The topological polar surface area (TPSA) is 90.4 Å². The van der Waals surface area contributed by atoms with Crippen molar-refractivity contribution in [3.05, 3.63) is 84.0 Å². The number of benzene rings is 2. The van der Waals surface area contributed by atoms with Gasteiger partial charge in [0.2, 0.25) is 11.8 Å². The Morgan fingerprint density at radius 3 is 2.36 bits per heavy atom. The van der Waals surface area contributed by atoms with Crippen molar-refractivity contribution in [1.29, 1.82) is 0 Å². The Labute approximate surface area is 228 Å². The summed E-state index contributed by atoms with van der Waals surface area (Å²) < 4.78 is 6.83. The number of likely N-dealkylation sites (tertiary alicyclic amines) is 1. The van der Waals surface area contributed by atoms with Gasteiger partial charge in [0, 0.05) is 31.0 Å². The number of anilines is 2. The Morgan fingerprint density at radius 2 is 1.62 bits per heavy atom. The molecule has 5 atom stereocenters. The highest BCUT2D eigenvalue weighted by atomic mass is 16.5. The van der Waals surface area contributed by atoms with Gasteiger partial charge in [0.1, 0.15) is 11.6 Å². The molecule has 0 bridgehead atoms. The molecular formula is C31H33N3O5. The van der Waals surface area contributed by atoms with Crippen molar-refractivity contribution in [2.75, 3.05) is 36.0 Å². The molecular weight excluding hydrogens is 494 g/mol. The minimum Gasteiger partial charge on any atom is -0.395 e. The average Bonchev–Trinajstić information content (AvgIpc) is 3.17. The second-order valence-electron chi connectivity index (χ2n) is 11.1. The summed E-state index contributed by atoms with van der Waals surface area (Å²) in [6.45, 7) is 6.08. The minimum atomic E-state index is -1.35. The molecule has 8 nitrogen and oxygen atoms in total. The molecule has 39 heavy (non-hydrogen) atoms. The number of rotatable bonds is 4. The van der Waals surface area contributed by atoms with E-state index in [1.54, 1.807) is 9.80 Å². The highest BCUT2D eigenvalue weighted by molar-refractivity contribution is 6.07. The highest BCUT2D eigenvalue weighted by Gasteiger charge is 2.74. The predicted molar refractivity (Wildman–Crippen MR) is 147 cm³/mol. The minimum absolute atomic E-state index is 0.0266. The van der Waals surface area contributed by atoms with Crippen LogP contribution >= 0.6 is 0 Å². The van der Waals surface area contributed by atoms with Crippen LogP contribution in [0.4, 0.5) is 11.4 Å². The number of carbonyl (C=O) groups is 3. The van der Waals surface area contributed by atoms with Crippen molar-refractivity contribution in [1.82, 2.24) is 4.90 Å². The van der Waals surface area contributed by atoms with Crippen LogP contribution in [0.25, 0.3) is 0 Å². The molecule has 1 spiro atoms. The number of aliphatic hydroxyl groups excluding tert-OH is 1. The van der Waals surface area contributed by atoms with Crippen molar-refractivity contribution in [2.45, 2.75) is 38.0 Å². The molecule has 202 valence electrons. The molecule has 0 aromatic heterocycles. The number of aliphatic hydroxyl groups is 1. The molecule has 0 saturated carbocycles. The number of aryl methyl sites for hydroxylation is 2. The maximum atomic E-state index is 14.4. The second-order valence-corrected chi connectivity index (χ2v) is 11.1. The Bertz CT molecular complexity index is 1400. The van der Waals surface area contributed by atoms with Gasteiger partial charge >= 0.3 is 0 Å². The Balaban J connectivity index is 1.48. The van der Waals surface area contributed by atoms with Gasteiger partial charge in [-0.2, -0.15) is 0 Å². The van der Waals surface area contributed by atoms with Crippen LogP contribution < -0.4 is 9.80 Å². The van der Waals surface area contributed by atoms with E-state index in [4.69, 9.17) is 4.74 Å². The van der Waals surface area contributed by atoms with E-state index in [1.165, 1.54) is 4.90 Å². The third-order valence-electron chi connectivity index (χ3n) is 8.62. The van der Waals surface area contributed by atoms with Crippen molar-refractivity contribution >= 4 is 29.1 Å². The second kappa shape index (κ2) is 9.17. The van der Waals surface area contributed by atoms with E-state index in [1.807, 2.05) is 93.6 Å². The molecule has 2 aromatic rings. The van der Waals surface area contributed by atoms with Crippen molar-refractivity contribution < 1.29 is 24.2 Å². The van der Waals surface area contributed by atoms with E-state index in [0.717, 1.165) is 22.5 Å². The number of hydrogen-bond donors (Lipinski definition) is 1. The SMILES string of the molecule is Cc1ccc(C)c(N2CC=C[C@]34O[C@@]5(C)C=CCN(c6ccccc6)C(=O)[C@H]5[C@H]3C(=O)N(CCO)C4C2=O)c1. The summed E-state index contributed by atoms with van der Waals surface area (Å²) in [6.07, 6.45) is 7.48. The van der Waals surface area contributed by atoms with Crippen molar-refractivity contribution in [3.63, 3.8) is 0 Å². The molecule has 0 aliphatic carbocycles. The molecule has 2 aromatic carbocycles. The van der Waals surface area contributed by atoms with Crippen LogP contribution in [0.15, 0.2) is 72.8 Å². The average molecular weight is 528 g/mol. The molecule has 0 radical (unpaired) electrons. The number of nitrogens with zero attached hydrogens (tertiary/aromatic N) is 3. The monoisotopic (exact) mass is 527 g/mol. The van der Waals surface area contributed by atoms with Gasteiger partial charge in [0.05, 0.1) is 24.0 Å². The quantitative estimate of drug-likeness (QED) is 0.618. The third-order valence-corrected chi connectivity index (χ3v) is 8.62. The number of ether oxygens (including phenoxy) is 1. The lowest BCUT2D eigenvalue weighted by atomic mass is 9.74. The first-order valence-electron chi connectivity index (χ1n) is 13.4. The molecule has 2 saturated heterocycles. The summed E-state index contributed by atoms with van der Waals surface area (Å²) >= 11 is 0. The summed E-state index contributed by atoms with van der Waals surface area (Å²) in [5.41, 5.74) is 1.02. The maximum Gasteiger partial charge on any atom is 0.253 e. The number of hydrogen-bond acceptors (Lipinski definition) is 5. The third kappa shape index (κ3) is 3.69. The Hall–Kier alpha value is -3.75. The summed E-state index contributed by atoms with van der Waals surface area (Å²) in [6, 6.07) is 14.3. The fourth-order valence-corrected chi connectivity index (χ4v) is 6.94. The summed E-state index contributed by atoms with van der Waals surface area (Å²) in [7, 11) is 0. The Kier molecular flexibility index (Phi) is 6.00. The Morgan fingerprint density at radius 1 is 0.897 bits per heavy atom. The van der Waals surface area contributed by atoms with E-state index < -0.39 is 29.1 Å². The fourth-order valence-electron chi connectivity index (χ4n) is 6.94. The van der Waals surface area contributed by atoms with E-state index in [0.29, 0.717) is 13.1 Å². The number of para-hydroxylation sites is 1. The van der Waals surface area contributed by atoms with Crippen LogP contribution in [0, 0.1) is 25.7 Å². The largest absolute Gasteiger partial charge is 0.395 e. The summed E-state index contributed by atoms with van der Waals surface area (Å²) in [4.78, 5) is 47.7. The molecule has 2 fully saturated rings. The van der Waals surface area contributed by atoms with E-state index in [2.05, 4.69) is 0 Å². The molecule has 4 aliphatic rings. The molecule has 4 aliphatic heterocycles. The zero-order valence-electron chi connectivity index (χ0n) is 22.4. The van der Waals surface area contributed by atoms with Crippen LogP contribution in [0.5, 0.6) is 0 Å². The molecule has 4 heterocycles. The van der Waals surface area contributed by atoms with Crippen LogP contribution in [0.1, 0.15) is 18.1 Å². The summed E-state index contributed by atoms with van der Waals surface area (Å²) in [5.74, 6) is -2.61. The van der Waals surface area contributed by atoms with Gasteiger partial charge in [-0.3, -0.25) is 14.4 Å². The first kappa shape index (κ1) is 25.5. The lowest BCUT2D eigenvalue weighted by molar-refractivity contribution is -0.144. The first-order valence-corrected chi connectivity index (χ1v) is 13.4. The van der Waals surface area contributed by atoms with Crippen LogP contribution in [-0.4, -0.2) is 71.2 Å². The number of β-amino-alcohol motifs (C(OH)–C–C–N with tert-alkyl or cyclic N) is 1. The van der Waals surface area contributed by atoms with E-state index >= 15 is 0 Å². The molecule has 3 amide bonds. The van der Waals surface area contributed by atoms with Crippen LogP contribution in [0.2, 0.25) is 0 Å². The van der Waals surface area contributed by atoms with Gasteiger partial charge in [-0.25, -0.2) is 0 Å². The molecule has 6 rings (SSSR count). The zero-order chi connectivity index (χ0) is 27.5. The van der Waals surface area contributed by atoms with Crippen LogP contribution in [-0.2, 0) is 19.1 Å². The molecule has 1 unspecified atom stereocenters. The first-order chi connectivity index (χ1) is 18.7. The van der Waals surface area contributed by atoms with Gasteiger partial charge in [0.25, 0.3) is 5.91 Å². The predicted octanol–water partition coefficient (Wildman–Crippen LogP) is 2.77. The zero-order valence-corrected chi connectivity index (χ0v) is 22.4. The lowest BCUT2D eigenvalue weighted by Gasteiger charge is -2.37. The molecule has 8 heteroatoms. The van der Waals surface area contributed by atoms with E-state index in [9.17, 15) is 19.5 Å². The maximum absolute atomic E-state index is 14.4. The number of carbonyl (C=O) groups excluding carboxylic acids is 3. The smallest absolute Gasteiger partial charge is 0.253 e. The van der Waals surface area contributed by atoms with Gasteiger partial charge in [-0.15, -0.1) is 0 Å². The highest BCUT2D eigenvalue weighted by Crippen LogP contribution is 2.57. The summed E-state index contributed by atoms with van der Waals surface area (Å²) in [5, 5.41) is 9.92. The van der Waals surface area contributed by atoms with Crippen molar-refractivity contribution in [2.24, 2.45) is 11.8 Å². The molecule has 1 N–H and O–H groups in total. The van der Waals surface area contributed by atoms with Gasteiger partial charge in [-0.1, -0.05) is 54.6 Å². The van der Waals surface area contributed by atoms with Crippen LogP contribution in [0.3, 0.4) is 0 Å². The normalized spacial score (nSPS) is 31.7. The number of amides is 3.